The third kappa shape index (κ3) is 2.16. The topological polar surface area (TPSA) is 44.0 Å². The fraction of sp³-hybridized carbons (Fsp3) is 0.278. The second-order valence-electron chi connectivity index (χ2n) is 5.55. The molecule has 0 heterocycles. The molecule has 1 aliphatic rings. The van der Waals surface area contributed by atoms with Gasteiger partial charge >= 0.3 is 0 Å². The van der Waals surface area contributed by atoms with Crippen LogP contribution in [-0.4, -0.2) is 5.11 Å². The lowest BCUT2D eigenvalue weighted by atomic mass is 9.68. The molecule has 2 nitrogen and oxygen atoms in total. The van der Waals surface area contributed by atoms with Gasteiger partial charge in [0.1, 0.15) is 5.75 Å². The number of hydrogen-bond donors (Lipinski definition) is 1. The van der Waals surface area contributed by atoms with Crippen LogP contribution in [0.1, 0.15) is 29.5 Å². The number of aryl methyl sites for hydroxylation is 1. The predicted octanol–water partition coefficient (Wildman–Crippen LogP) is 3.73. The molecule has 1 unspecified atom stereocenters. The molecule has 0 fully saturated rings. The number of benzene rings is 2. The van der Waals surface area contributed by atoms with E-state index in [1.165, 1.54) is 5.56 Å². The first-order valence-corrected chi connectivity index (χ1v) is 7.01. The summed E-state index contributed by atoms with van der Waals surface area (Å²) in [7, 11) is 0. The van der Waals surface area contributed by atoms with Crippen molar-refractivity contribution >= 4 is 0 Å². The van der Waals surface area contributed by atoms with Crippen LogP contribution in [0.2, 0.25) is 0 Å². The molecule has 0 saturated carbocycles. The highest BCUT2D eigenvalue weighted by Gasteiger charge is 2.36. The van der Waals surface area contributed by atoms with E-state index in [4.69, 9.17) is 0 Å². The molecule has 0 amide bonds. The molecule has 1 atom stereocenters. The summed E-state index contributed by atoms with van der Waals surface area (Å²) in [5.74, 6) is 0.264. The number of hydrogen-bond acceptors (Lipinski definition) is 2. The largest absolute Gasteiger partial charge is 0.508 e. The van der Waals surface area contributed by atoms with Gasteiger partial charge in [-0.25, -0.2) is 0 Å². The normalized spacial score (nSPS) is 20.9. The lowest BCUT2D eigenvalue weighted by Crippen LogP contribution is -2.31. The van der Waals surface area contributed by atoms with Crippen LogP contribution in [0.4, 0.5) is 0 Å². The summed E-state index contributed by atoms with van der Waals surface area (Å²) < 4.78 is 0. The molecule has 0 aliphatic heterocycles. The van der Waals surface area contributed by atoms with Crippen LogP contribution in [-0.2, 0) is 18.3 Å². The zero-order valence-corrected chi connectivity index (χ0v) is 11.3. The SMILES string of the molecule is N#CC1(Cc2cccc(O)c2)CCCc2ccccc21. The van der Waals surface area contributed by atoms with Crippen LogP contribution in [0.3, 0.4) is 0 Å². The predicted molar refractivity (Wildman–Crippen MR) is 78.5 cm³/mol. The Hall–Kier alpha value is -2.27. The number of fused-ring (bicyclic) bond motifs is 1. The van der Waals surface area contributed by atoms with Crippen molar-refractivity contribution < 1.29 is 5.11 Å². The summed E-state index contributed by atoms with van der Waals surface area (Å²) in [6.07, 6.45) is 3.65. The van der Waals surface area contributed by atoms with E-state index < -0.39 is 5.41 Å². The molecular weight excluding hydrogens is 246 g/mol. The Labute approximate surface area is 119 Å². The van der Waals surface area contributed by atoms with Crippen molar-refractivity contribution in [2.75, 3.05) is 0 Å². The van der Waals surface area contributed by atoms with E-state index in [-0.39, 0.29) is 5.75 Å². The molecule has 1 aliphatic carbocycles. The lowest BCUT2D eigenvalue weighted by Gasteiger charge is -2.33. The highest BCUT2D eigenvalue weighted by atomic mass is 16.3. The molecule has 20 heavy (non-hydrogen) atoms. The molecule has 2 aromatic rings. The van der Waals surface area contributed by atoms with E-state index in [0.29, 0.717) is 6.42 Å². The average Bonchev–Trinajstić information content (AvgIpc) is 2.47. The van der Waals surface area contributed by atoms with Crippen LogP contribution in [0.25, 0.3) is 0 Å². The van der Waals surface area contributed by atoms with Crippen molar-refractivity contribution in [3.63, 3.8) is 0 Å². The molecule has 2 heteroatoms. The van der Waals surface area contributed by atoms with Gasteiger partial charge in [0.25, 0.3) is 0 Å². The number of rotatable bonds is 2. The van der Waals surface area contributed by atoms with E-state index >= 15 is 0 Å². The summed E-state index contributed by atoms with van der Waals surface area (Å²) in [6, 6.07) is 18.1. The maximum absolute atomic E-state index is 9.81. The van der Waals surface area contributed by atoms with Crippen molar-refractivity contribution in [1.82, 2.24) is 0 Å². The Kier molecular flexibility index (Phi) is 3.20. The number of aromatic hydroxyl groups is 1. The van der Waals surface area contributed by atoms with E-state index in [0.717, 1.165) is 30.4 Å². The summed E-state index contributed by atoms with van der Waals surface area (Å²) in [5.41, 5.74) is 3.02. The summed E-state index contributed by atoms with van der Waals surface area (Å²) in [5, 5.41) is 19.4. The number of phenolic OH excluding ortho intramolecular Hbond substituents is 1. The van der Waals surface area contributed by atoms with Crippen LogP contribution in [0, 0.1) is 11.3 Å². The monoisotopic (exact) mass is 263 g/mol. The minimum absolute atomic E-state index is 0.264. The fourth-order valence-corrected chi connectivity index (χ4v) is 3.27. The Morgan fingerprint density at radius 1 is 1.15 bits per heavy atom. The maximum Gasteiger partial charge on any atom is 0.115 e. The number of nitriles is 1. The van der Waals surface area contributed by atoms with Crippen LogP contribution >= 0.6 is 0 Å². The minimum atomic E-state index is -0.456. The molecule has 100 valence electrons. The Balaban J connectivity index is 2.03. The van der Waals surface area contributed by atoms with Gasteiger partial charge in [0.15, 0.2) is 0 Å². The van der Waals surface area contributed by atoms with E-state index in [1.807, 2.05) is 24.3 Å². The fourth-order valence-electron chi connectivity index (χ4n) is 3.27. The van der Waals surface area contributed by atoms with Crippen LogP contribution in [0.5, 0.6) is 5.75 Å². The van der Waals surface area contributed by atoms with E-state index in [1.54, 1.807) is 12.1 Å². The summed E-state index contributed by atoms with van der Waals surface area (Å²) in [4.78, 5) is 0. The zero-order chi connectivity index (χ0) is 14.0. The highest BCUT2D eigenvalue weighted by Crippen LogP contribution is 2.39. The first-order chi connectivity index (χ1) is 9.73. The van der Waals surface area contributed by atoms with Crippen LogP contribution < -0.4 is 0 Å². The van der Waals surface area contributed by atoms with Gasteiger partial charge < -0.3 is 5.11 Å². The quantitative estimate of drug-likeness (QED) is 0.897. The molecule has 0 radical (unpaired) electrons. The Bertz CT molecular complexity index is 671. The van der Waals surface area contributed by atoms with Crippen molar-refractivity contribution in [3.05, 3.63) is 65.2 Å². The van der Waals surface area contributed by atoms with Crippen molar-refractivity contribution in [2.45, 2.75) is 31.1 Å². The first-order valence-electron chi connectivity index (χ1n) is 7.01. The number of nitrogens with zero attached hydrogens (tertiary/aromatic N) is 1. The van der Waals surface area contributed by atoms with Crippen molar-refractivity contribution in [1.29, 1.82) is 5.26 Å². The third-order valence-corrected chi connectivity index (χ3v) is 4.21. The average molecular weight is 263 g/mol. The molecule has 2 aromatic carbocycles. The molecule has 0 spiro atoms. The van der Waals surface area contributed by atoms with Gasteiger partial charge in [0.05, 0.1) is 11.5 Å². The van der Waals surface area contributed by atoms with Gasteiger partial charge in [-0.1, -0.05) is 36.4 Å². The van der Waals surface area contributed by atoms with Crippen LogP contribution in [0.15, 0.2) is 48.5 Å². The Morgan fingerprint density at radius 3 is 2.80 bits per heavy atom. The summed E-state index contributed by atoms with van der Waals surface area (Å²) >= 11 is 0. The molecule has 0 saturated heterocycles. The number of phenols is 1. The second-order valence-corrected chi connectivity index (χ2v) is 5.55. The van der Waals surface area contributed by atoms with Crippen molar-refractivity contribution in [2.24, 2.45) is 0 Å². The minimum Gasteiger partial charge on any atom is -0.508 e. The molecule has 1 N–H and O–H groups in total. The van der Waals surface area contributed by atoms with Gasteiger partial charge in [0.2, 0.25) is 0 Å². The molecular formula is C18H17NO. The Morgan fingerprint density at radius 2 is 2.00 bits per heavy atom. The van der Waals surface area contributed by atoms with Gasteiger partial charge in [-0.05, 0) is 54.5 Å². The maximum atomic E-state index is 9.81. The standard InChI is InChI=1S/C18H17NO/c19-13-18(12-14-5-3-8-16(20)11-14)10-4-7-15-6-1-2-9-17(15)18/h1-3,5-6,8-9,11,20H,4,7,10,12H2. The zero-order valence-electron chi connectivity index (χ0n) is 11.3. The summed E-state index contributed by atoms with van der Waals surface area (Å²) in [6.45, 7) is 0. The van der Waals surface area contributed by atoms with Gasteiger partial charge in [-0.15, -0.1) is 0 Å². The molecule has 0 aromatic heterocycles. The second kappa shape index (κ2) is 5.02. The molecule has 3 rings (SSSR count). The smallest absolute Gasteiger partial charge is 0.115 e. The lowest BCUT2D eigenvalue weighted by molar-refractivity contribution is 0.446. The van der Waals surface area contributed by atoms with Gasteiger partial charge in [0, 0.05) is 0 Å². The third-order valence-electron chi connectivity index (χ3n) is 4.21. The van der Waals surface area contributed by atoms with Crippen molar-refractivity contribution in [3.8, 4) is 11.8 Å². The van der Waals surface area contributed by atoms with Gasteiger partial charge in [-0.3, -0.25) is 0 Å². The van der Waals surface area contributed by atoms with E-state index in [2.05, 4.69) is 18.2 Å². The highest BCUT2D eigenvalue weighted by molar-refractivity contribution is 5.44. The van der Waals surface area contributed by atoms with E-state index in [9.17, 15) is 10.4 Å². The molecule has 0 bridgehead atoms. The first kappa shape index (κ1) is 12.7. The van der Waals surface area contributed by atoms with Gasteiger partial charge in [-0.2, -0.15) is 5.26 Å².